The van der Waals surface area contributed by atoms with Gasteiger partial charge in [-0.15, -0.1) is 12.4 Å². The molecule has 0 saturated carbocycles. The van der Waals surface area contributed by atoms with Crippen LogP contribution in [0.3, 0.4) is 0 Å². The van der Waals surface area contributed by atoms with Gasteiger partial charge in [0.2, 0.25) is 15.9 Å². The molecule has 0 fully saturated rings. The van der Waals surface area contributed by atoms with Crippen LogP contribution in [-0.4, -0.2) is 33.7 Å². The molecule has 1 aromatic rings. The van der Waals surface area contributed by atoms with Crippen LogP contribution in [0.1, 0.15) is 6.92 Å². The van der Waals surface area contributed by atoms with Crippen LogP contribution < -0.4 is 20.5 Å². The maximum absolute atomic E-state index is 11.5. The fourth-order valence-electron chi connectivity index (χ4n) is 1.31. The maximum Gasteiger partial charge on any atom is 0.238 e. The predicted molar refractivity (Wildman–Crippen MR) is 81.0 cm³/mol. The molecule has 0 saturated heterocycles. The Hall–Kier alpha value is -1.51. The van der Waals surface area contributed by atoms with Crippen molar-refractivity contribution in [3.05, 3.63) is 18.2 Å². The standard InChI is InChI=1S/C11H17N3O4S.ClH/c1-3-19(16,17)14-9-5-4-8(6-10(9)18-2)13-11(15)7-12;/h4-6,14H,3,7,12H2,1-2H3,(H,13,15);1H. The van der Waals surface area contributed by atoms with Crippen LogP contribution in [0.15, 0.2) is 18.2 Å². The summed E-state index contributed by atoms with van der Waals surface area (Å²) in [4.78, 5) is 11.2. The molecule has 0 atom stereocenters. The van der Waals surface area contributed by atoms with E-state index in [1.807, 2.05) is 0 Å². The molecular weight excluding hydrogens is 306 g/mol. The summed E-state index contributed by atoms with van der Waals surface area (Å²) in [5, 5.41) is 2.55. The quantitative estimate of drug-likeness (QED) is 0.716. The van der Waals surface area contributed by atoms with E-state index in [4.69, 9.17) is 10.5 Å². The van der Waals surface area contributed by atoms with Gasteiger partial charge in [-0.3, -0.25) is 9.52 Å². The second-order valence-corrected chi connectivity index (χ2v) is 5.68. The second-order valence-electron chi connectivity index (χ2n) is 3.67. The van der Waals surface area contributed by atoms with Crippen LogP contribution in [0, 0.1) is 0 Å². The van der Waals surface area contributed by atoms with Crippen molar-refractivity contribution in [3.63, 3.8) is 0 Å². The average molecular weight is 324 g/mol. The molecule has 20 heavy (non-hydrogen) atoms. The molecule has 0 unspecified atom stereocenters. The number of hydrogen-bond donors (Lipinski definition) is 3. The summed E-state index contributed by atoms with van der Waals surface area (Å²) in [6.07, 6.45) is 0. The van der Waals surface area contributed by atoms with E-state index in [1.165, 1.54) is 26.2 Å². The zero-order valence-electron chi connectivity index (χ0n) is 11.2. The molecule has 1 rings (SSSR count). The Morgan fingerprint density at radius 3 is 2.55 bits per heavy atom. The minimum Gasteiger partial charge on any atom is -0.494 e. The van der Waals surface area contributed by atoms with E-state index in [0.717, 1.165) is 0 Å². The van der Waals surface area contributed by atoms with Crippen molar-refractivity contribution in [2.24, 2.45) is 5.73 Å². The number of amides is 1. The molecule has 0 aromatic heterocycles. The largest absolute Gasteiger partial charge is 0.494 e. The van der Waals surface area contributed by atoms with Gasteiger partial charge < -0.3 is 15.8 Å². The third kappa shape index (κ3) is 5.24. The average Bonchev–Trinajstić information content (AvgIpc) is 2.40. The van der Waals surface area contributed by atoms with Crippen LogP contribution in [0.25, 0.3) is 0 Å². The Morgan fingerprint density at radius 1 is 1.40 bits per heavy atom. The lowest BCUT2D eigenvalue weighted by atomic mass is 10.2. The third-order valence-corrected chi connectivity index (χ3v) is 3.61. The van der Waals surface area contributed by atoms with E-state index in [9.17, 15) is 13.2 Å². The molecule has 0 heterocycles. The first-order valence-corrected chi connectivity index (χ1v) is 7.25. The van der Waals surface area contributed by atoms with Gasteiger partial charge in [-0.2, -0.15) is 0 Å². The van der Waals surface area contributed by atoms with E-state index in [2.05, 4.69) is 10.0 Å². The SMILES string of the molecule is CCS(=O)(=O)Nc1ccc(NC(=O)CN)cc1OC.Cl. The molecule has 4 N–H and O–H groups in total. The van der Waals surface area contributed by atoms with Crippen LogP contribution >= 0.6 is 12.4 Å². The fraction of sp³-hybridized carbons (Fsp3) is 0.364. The number of halogens is 1. The lowest BCUT2D eigenvalue weighted by Crippen LogP contribution is -2.22. The zero-order chi connectivity index (χ0) is 14.5. The molecule has 0 aliphatic carbocycles. The number of nitrogens with two attached hydrogens (primary N) is 1. The van der Waals surface area contributed by atoms with Gasteiger partial charge in [0.05, 0.1) is 25.1 Å². The van der Waals surface area contributed by atoms with Crippen molar-refractivity contribution >= 4 is 39.7 Å². The first-order chi connectivity index (χ1) is 8.91. The van der Waals surface area contributed by atoms with Gasteiger partial charge >= 0.3 is 0 Å². The van der Waals surface area contributed by atoms with E-state index in [1.54, 1.807) is 6.07 Å². The minimum atomic E-state index is -3.38. The molecule has 0 spiro atoms. The smallest absolute Gasteiger partial charge is 0.238 e. The summed E-state index contributed by atoms with van der Waals surface area (Å²) < 4.78 is 30.5. The third-order valence-electron chi connectivity index (χ3n) is 2.32. The van der Waals surface area contributed by atoms with Crippen molar-refractivity contribution < 1.29 is 17.9 Å². The number of nitrogens with one attached hydrogen (secondary N) is 2. The van der Waals surface area contributed by atoms with Gasteiger partial charge in [-0.05, 0) is 19.1 Å². The number of ether oxygens (including phenoxy) is 1. The molecule has 9 heteroatoms. The van der Waals surface area contributed by atoms with Crippen molar-refractivity contribution in [1.29, 1.82) is 0 Å². The minimum absolute atomic E-state index is 0. The highest BCUT2D eigenvalue weighted by Gasteiger charge is 2.12. The lowest BCUT2D eigenvalue weighted by Gasteiger charge is -2.12. The lowest BCUT2D eigenvalue weighted by molar-refractivity contribution is -0.114. The van der Waals surface area contributed by atoms with Gasteiger partial charge in [-0.1, -0.05) is 0 Å². The second kappa shape index (κ2) is 7.93. The molecule has 1 aromatic carbocycles. The van der Waals surface area contributed by atoms with Crippen molar-refractivity contribution in [2.45, 2.75) is 6.92 Å². The Morgan fingerprint density at radius 2 is 2.05 bits per heavy atom. The number of sulfonamides is 1. The number of benzene rings is 1. The molecule has 0 radical (unpaired) electrons. The molecule has 7 nitrogen and oxygen atoms in total. The van der Waals surface area contributed by atoms with Gasteiger partial charge in [0, 0.05) is 11.8 Å². The summed E-state index contributed by atoms with van der Waals surface area (Å²) >= 11 is 0. The highest BCUT2D eigenvalue weighted by molar-refractivity contribution is 7.92. The number of hydrogen-bond acceptors (Lipinski definition) is 5. The van der Waals surface area contributed by atoms with E-state index in [0.29, 0.717) is 17.1 Å². The van der Waals surface area contributed by atoms with Crippen molar-refractivity contribution in [3.8, 4) is 5.75 Å². The number of rotatable bonds is 6. The Kier molecular flexibility index (Phi) is 7.33. The normalized spacial score (nSPS) is 10.3. The highest BCUT2D eigenvalue weighted by atomic mass is 35.5. The Balaban J connectivity index is 0.00000361. The summed E-state index contributed by atoms with van der Waals surface area (Å²) in [6.45, 7) is 1.40. The first-order valence-electron chi connectivity index (χ1n) is 5.60. The highest BCUT2D eigenvalue weighted by Crippen LogP contribution is 2.28. The van der Waals surface area contributed by atoms with E-state index < -0.39 is 10.0 Å². The Bertz CT molecular complexity index is 563. The van der Waals surface area contributed by atoms with Gasteiger partial charge in [-0.25, -0.2) is 8.42 Å². The fourth-order valence-corrected chi connectivity index (χ4v) is 1.95. The number of carbonyl (C=O) groups is 1. The monoisotopic (exact) mass is 323 g/mol. The van der Waals surface area contributed by atoms with E-state index >= 15 is 0 Å². The van der Waals surface area contributed by atoms with E-state index in [-0.39, 0.29) is 30.6 Å². The summed E-state index contributed by atoms with van der Waals surface area (Å²) in [5.41, 5.74) is 5.98. The Labute approximate surface area is 124 Å². The molecular formula is C11H18ClN3O4S. The van der Waals surface area contributed by atoms with Gasteiger partial charge in [0.25, 0.3) is 0 Å². The predicted octanol–water partition coefficient (Wildman–Crippen LogP) is 0.776. The maximum atomic E-state index is 11.5. The summed E-state index contributed by atoms with van der Waals surface area (Å²) in [5.74, 6) is -0.0715. The molecule has 0 aliphatic heterocycles. The van der Waals surface area contributed by atoms with Crippen LogP contribution in [0.2, 0.25) is 0 Å². The number of anilines is 2. The van der Waals surface area contributed by atoms with Gasteiger partial charge in [0.15, 0.2) is 0 Å². The van der Waals surface area contributed by atoms with Crippen LogP contribution in [-0.2, 0) is 14.8 Å². The van der Waals surface area contributed by atoms with Crippen molar-refractivity contribution in [1.82, 2.24) is 0 Å². The zero-order valence-corrected chi connectivity index (χ0v) is 12.8. The summed E-state index contributed by atoms with van der Waals surface area (Å²) in [6, 6.07) is 4.59. The molecule has 114 valence electrons. The van der Waals surface area contributed by atoms with Crippen LogP contribution in [0.4, 0.5) is 11.4 Å². The van der Waals surface area contributed by atoms with Crippen LogP contribution in [0.5, 0.6) is 5.75 Å². The summed E-state index contributed by atoms with van der Waals surface area (Å²) in [7, 11) is -1.97. The number of carbonyl (C=O) groups excluding carboxylic acids is 1. The number of methoxy groups -OCH3 is 1. The van der Waals surface area contributed by atoms with Crippen molar-refractivity contribution in [2.75, 3.05) is 29.4 Å². The topological polar surface area (TPSA) is 111 Å². The molecule has 1 amide bonds. The first kappa shape index (κ1) is 18.5. The molecule has 0 bridgehead atoms. The molecule has 0 aliphatic rings. The van der Waals surface area contributed by atoms with Gasteiger partial charge in [0.1, 0.15) is 5.75 Å².